The molecule has 6 heteroatoms. The topological polar surface area (TPSA) is 72.0 Å². The molecule has 1 aromatic carbocycles. The van der Waals surface area contributed by atoms with Gasteiger partial charge in [0.05, 0.1) is 19.0 Å². The third-order valence-corrected chi connectivity index (χ3v) is 3.25. The van der Waals surface area contributed by atoms with Gasteiger partial charge in [-0.15, -0.1) is 5.10 Å². The number of rotatable bonds is 8. The van der Waals surface area contributed by atoms with Crippen LogP contribution >= 0.6 is 0 Å². The van der Waals surface area contributed by atoms with E-state index in [1.165, 1.54) is 12.8 Å². The second-order valence-electron chi connectivity index (χ2n) is 5.13. The van der Waals surface area contributed by atoms with Crippen molar-refractivity contribution in [2.45, 2.75) is 33.1 Å². The van der Waals surface area contributed by atoms with Crippen LogP contribution in [0.25, 0.3) is 0 Å². The smallest absolute Gasteiger partial charge is 0.249 e. The van der Waals surface area contributed by atoms with Gasteiger partial charge in [-0.1, -0.05) is 25.8 Å². The zero-order valence-electron chi connectivity index (χ0n) is 13.4. The zero-order valence-corrected chi connectivity index (χ0v) is 13.4. The molecule has 0 saturated heterocycles. The molecule has 0 aliphatic heterocycles. The van der Waals surface area contributed by atoms with E-state index in [-0.39, 0.29) is 0 Å². The van der Waals surface area contributed by atoms with Gasteiger partial charge in [-0.25, -0.2) is 0 Å². The Hall–Kier alpha value is -2.37. The van der Waals surface area contributed by atoms with Crippen molar-refractivity contribution in [1.82, 2.24) is 15.2 Å². The van der Waals surface area contributed by atoms with Gasteiger partial charge in [0, 0.05) is 6.54 Å². The van der Waals surface area contributed by atoms with Crippen molar-refractivity contribution < 1.29 is 4.74 Å². The first-order valence-electron chi connectivity index (χ1n) is 7.58. The molecule has 0 fully saturated rings. The highest BCUT2D eigenvalue weighted by atomic mass is 16.5. The third-order valence-electron chi connectivity index (χ3n) is 3.25. The minimum Gasteiger partial charge on any atom is -0.495 e. The second kappa shape index (κ2) is 8.17. The molecule has 0 atom stereocenters. The van der Waals surface area contributed by atoms with E-state index in [1.54, 1.807) is 13.3 Å². The number of hydrogen-bond acceptors (Lipinski definition) is 6. The first kappa shape index (κ1) is 16.0. The first-order chi connectivity index (χ1) is 10.7. The van der Waals surface area contributed by atoms with Gasteiger partial charge in [0.1, 0.15) is 5.75 Å². The summed E-state index contributed by atoms with van der Waals surface area (Å²) in [6.07, 6.45) is 5.15. The van der Waals surface area contributed by atoms with Gasteiger partial charge in [0.15, 0.2) is 5.82 Å². The minimum absolute atomic E-state index is 0.449. The molecule has 0 unspecified atom stereocenters. The molecule has 0 radical (unpaired) electrons. The van der Waals surface area contributed by atoms with Crippen LogP contribution in [0.1, 0.15) is 31.7 Å². The van der Waals surface area contributed by atoms with Gasteiger partial charge in [0.2, 0.25) is 5.95 Å². The van der Waals surface area contributed by atoms with Crippen LogP contribution in [-0.4, -0.2) is 28.8 Å². The van der Waals surface area contributed by atoms with Crippen molar-refractivity contribution in [3.63, 3.8) is 0 Å². The maximum absolute atomic E-state index is 5.34. The fourth-order valence-corrected chi connectivity index (χ4v) is 2.07. The van der Waals surface area contributed by atoms with E-state index >= 15 is 0 Å². The number of methoxy groups -OCH3 is 1. The number of nitrogens with one attached hydrogen (secondary N) is 2. The quantitative estimate of drug-likeness (QED) is 0.727. The summed E-state index contributed by atoms with van der Waals surface area (Å²) in [6, 6.07) is 5.90. The predicted molar refractivity (Wildman–Crippen MR) is 88.9 cm³/mol. The Morgan fingerprint density at radius 2 is 2.09 bits per heavy atom. The highest BCUT2D eigenvalue weighted by Gasteiger charge is 2.06. The number of hydrogen-bond donors (Lipinski definition) is 2. The number of aromatic nitrogens is 3. The normalized spacial score (nSPS) is 10.3. The molecule has 0 saturated carbocycles. The summed E-state index contributed by atoms with van der Waals surface area (Å²) in [4.78, 5) is 4.42. The highest BCUT2D eigenvalue weighted by Crippen LogP contribution is 2.27. The van der Waals surface area contributed by atoms with Gasteiger partial charge >= 0.3 is 0 Å². The fourth-order valence-electron chi connectivity index (χ4n) is 2.07. The van der Waals surface area contributed by atoms with Crippen LogP contribution in [0.4, 0.5) is 17.5 Å². The SMILES string of the molecule is CCCCCNc1cnnc(Nc2cc(C)ccc2OC)n1. The van der Waals surface area contributed by atoms with E-state index in [9.17, 15) is 0 Å². The van der Waals surface area contributed by atoms with Crippen LogP contribution in [0.5, 0.6) is 5.75 Å². The van der Waals surface area contributed by atoms with Crippen molar-refractivity contribution in [3.05, 3.63) is 30.0 Å². The number of aryl methyl sites for hydroxylation is 1. The molecule has 0 aliphatic rings. The van der Waals surface area contributed by atoms with E-state index in [4.69, 9.17) is 4.74 Å². The Balaban J connectivity index is 2.05. The van der Waals surface area contributed by atoms with Crippen LogP contribution in [0, 0.1) is 6.92 Å². The summed E-state index contributed by atoms with van der Waals surface area (Å²) in [7, 11) is 1.64. The van der Waals surface area contributed by atoms with Gasteiger partial charge in [0.25, 0.3) is 0 Å². The van der Waals surface area contributed by atoms with E-state index in [1.807, 2.05) is 25.1 Å². The van der Waals surface area contributed by atoms with E-state index < -0.39 is 0 Å². The molecule has 0 aliphatic carbocycles. The third kappa shape index (κ3) is 4.58. The van der Waals surface area contributed by atoms with Crippen molar-refractivity contribution in [3.8, 4) is 5.75 Å². The second-order valence-corrected chi connectivity index (χ2v) is 5.13. The summed E-state index contributed by atoms with van der Waals surface area (Å²) < 4.78 is 5.34. The lowest BCUT2D eigenvalue weighted by Gasteiger charge is -2.11. The first-order valence-corrected chi connectivity index (χ1v) is 7.58. The van der Waals surface area contributed by atoms with Crippen LogP contribution in [0.2, 0.25) is 0 Å². The Bertz CT molecular complexity index is 603. The van der Waals surface area contributed by atoms with E-state index in [2.05, 4.69) is 32.7 Å². The molecule has 1 aromatic heterocycles. The summed E-state index contributed by atoms with van der Waals surface area (Å²) in [5.41, 5.74) is 1.96. The molecule has 1 heterocycles. The number of ether oxygens (including phenoxy) is 1. The Kier molecular flexibility index (Phi) is 5.94. The standard InChI is InChI=1S/C16H23N5O/c1-4-5-6-9-17-15-11-18-21-16(20-15)19-13-10-12(2)7-8-14(13)22-3/h7-8,10-11H,4-6,9H2,1-3H3,(H2,17,19,20,21). The molecule has 2 rings (SSSR count). The van der Waals surface area contributed by atoms with Gasteiger partial charge in [-0.3, -0.25) is 0 Å². The predicted octanol–water partition coefficient (Wildman–Crippen LogP) is 3.53. The van der Waals surface area contributed by atoms with Crippen LogP contribution in [0.15, 0.2) is 24.4 Å². The van der Waals surface area contributed by atoms with E-state index in [0.717, 1.165) is 35.8 Å². The van der Waals surface area contributed by atoms with Crippen molar-refractivity contribution in [1.29, 1.82) is 0 Å². The Morgan fingerprint density at radius 1 is 1.23 bits per heavy atom. The maximum Gasteiger partial charge on any atom is 0.249 e. The molecule has 2 N–H and O–H groups in total. The van der Waals surface area contributed by atoms with Crippen molar-refractivity contribution >= 4 is 17.5 Å². The molecular weight excluding hydrogens is 278 g/mol. The molecule has 0 amide bonds. The molecule has 118 valence electrons. The molecular formula is C16H23N5O. The lowest BCUT2D eigenvalue weighted by Crippen LogP contribution is -2.07. The number of unbranched alkanes of at least 4 members (excludes halogenated alkanes) is 2. The average Bonchev–Trinajstić information content (AvgIpc) is 2.52. The Morgan fingerprint density at radius 3 is 2.86 bits per heavy atom. The van der Waals surface area contributed by atoms with Crippen LogP contribution in [0.3, 0.4) is 0 Å². The summed E-state index contributed by atoms with van der Waals surface area (Å²) in [5.74, 6) is 1.92. The summed E-state index contributed by atoms with van der Waals surface area (Å²) in [6.45, 7) is 5.10. The molecule has 2 aromatic rings. The van der Waals surface area contributed by atoms with Crippen LogP contribution < -0.4 is 15.4 Å². The molecule has 22 heavy (non-hydrogen) atoms. The molecule has 0 spiro atoms. The van der Waals surface area contributed by atoms with Gasteiger partial charge < -0.3 is 15.4 Å². The number of benzene rings is 1. The Labute approximate surface area is 131 Å². The van der Waals surface area contributed by atoms with E-state index in [0.29, 0.717) is 5.95 Å². The lowest BCUT2D eigenvalue weighted by atomic mass is 10.2. The molecule has 6 nitrogen and oxygen atoms in total. The number of nitrogens with zero attached hydrogens (tertiary/aromatic N) is 3. The summed E-state index contributed by atoms with van der Waals surface area (Å²) >= 11 is 0. The maximum atomic E-state index is 5.34. The van der Waals surface area contributed by atoms with Gasteiger partial charge in [-0.05, 0) is 31.0 Å². The molecule has 0 bridgehead atoms. The van der Waals surface area contributed by atoms with Crippen molar-refractivity contribution in [2.75, 3.05) is 24.3 Å². The van der Waals surface area contributed by atoms with Crippen molar-refractivity contribution in [2.24, 2.45) is 0 Å². The average molecular weight is 301 g/mol. The van der Waals surface area contributed by atoms with Crippen LogP contribution in [-0.2, 0) is 0 Å². The zero-order chi connectivity index (χ0) is 15.8. The largest absolute Gasteiger partial charge is 0.495 e. The monoisotopic (exact) mass is 301 g/mol. The van der Waals surface area contributed by atoms with Gasteiger partial charge in [-0.2, -0.15) is 10.1 Å². The lowest BCUT2D eigenvalue weighted by molar-refractivity contribution is 0.416. The highest BCUT2D eigenvalue weighted by molar-refractivity contribution is 5.63. The minimum atomic E-state index is 0.449. The number of anilines is 3. The summed E-state index contributed by atoms with van der Waals surface area (Å²) in [5, 5.41) is 14.4. The fraction of sp³-hybridized carbons (Fsp3) is 0.438.